The second kappa shape index (κ2) is 6.19. The van der Waals surface area contributed by atoms with Crippen LogP contribution in [0.25, 0.3) is 0 Å². The fraction of sp³-hybridized carbons (Fsp3) is 0.737. The van der Waals surface area contributed by atoms with Crippen LogP contribution in [0.2, 0.25) is 0 Å². The molecule has 0 aromatic rings. The van der Waals surface area contributed by atoms with Gasteiger partial charge in [-0.2, -0.15) is 0 Å². The van der Waals surface area contributed by atoms with Crippen LogP contribution >= 0.6 is 0 Å². The summed E-state index contributed by atoms with van der Waals surface area (Å²) in [6, 6.07) is 0. The first-order valence-corrected chi connectivity index (χ1v) is 10.2. The third kappa shape index (κ3) is 3.47. The molecule has 0 amide bonds. The summed E-state index contributed by atoms with van der Waals surface area (Å²) in [7, 11) is -3.22. The van der Waals surface area contributed by atoms with Gasteiger partial charge in [0.05, 0.1) is 4.75 Å². The standard InChI is InChI=1S/C19H30O3S/c1-14(8-7-13-23(21,22)18(2,3)4)15-10-11-16-17(20)9-6-12-19(15,16)5/h7,10,13-14,16H,6,8-9,11-12H2,1-5H3/b13-7+. The zero-order valence-corrected chi connectivity index (χ0v) is 15.9. The molecule has 2 rings (SSSR count). The zero-order chi connectivity index (χ0) is 17.5. The first kappa shape index (κ1) is 18.4. The average molecular weight is 339 g/mol. The van der Waals surface area contributed by atoms with Crippen molar-refractivity contribution in [2.45, 2.75) is 71.5 Å². The Labute approximate surface area is 141 Å². The monoisotopic (exact) mass is 338 g/mol. The lowest BCUT2D eigenvalue weighted by Gasteiger charge is -2.40. The van der Waals surface area contributed by atoms with E-state index < -0.39 is 14.6 Å². The summed E-state index contributed by atoms with van der Waals surface area (Å²) in [5.41, 5.74) is 1.35. The highest BCUT2D eigenvalue weighted by molar-refractivity contribution is 7.95. The number of Topliss-reactive ketones (excluding diaryl/α,β-unsaturated/α-hetero) is 1. The molecule has 0 aliphatic heterocycles. The molecule has 1 fully saturated rings. The maximum atomic E-state index is 12.2. The number of carbonyl (C=O) groups excluding carboxylic acids is 1. The molecule has 0 aromatic heterocycles. The van der Waals surface area contributed by atoms with Crippen LogP contribution in [0.3, 0.4) is 0 Å². The minimum atomic E-state index is -3.22. The number of sulfone groups is 1. The van der Waals surface area contributed by atoms with Crippen molar-refractivity contribution in [3.63, 3.8) is 0 Å². The van der Waals surface area contributed by atoms with E-state index in [1.165, 1.54) is 11.0 Å². The van der Waals surface area contributed by atoms with E-state index in [0.717, 1.165) is 25.7 Å². The fourth-order valence-corrected chi connectivity index (χ4v) is 4.80. The van der Waals surface area contributed by atoms with E-state index in [1.54, 1.807) is 26.8 Å². The lowest BCUT2D eigenvalue weighted by molar-refractivity contribution is -0.128. The highest BCUT2D eigenvalue weighted by atomic mass is 32.2. The van der Waals surface area contributed by atoms with Gasteiger partial charge in [-0.3, -0.25) is 4.79 Å². The van der Waals surface area contributed by atoms with Gasteiger partial charge in [-0.05, 0) is 57.8 Å². The van der Waals surface area contributed by atoms with Crippen molar-refractivity contribution in [3.8, 4) is 0 Å². The minimum absolute atomic E-state index is 0.00844. The fourth-order valence-electron chi connectivity index (χ4n) is 4.03. The molecule has 0 spiro atoms. The molecule has 0 heterocycles. The molecule has 0 N–H and O–H groups in total. The van der Waals surface area contributed by atoms with E-state index in [-0.39, 0.29) is 17.3 Å². The Bertz CT molecular complexity index is 634. The second-order valence-corrected chi connectivity index (χ2v) is 10.9. The largest absolute Gasteiger partial charge is 0.299 e. The average Bonchev–Trinajstić information content (AvgIpc) is 2.75. The minimum Gasteiger partial charge on any atom is -0.299 e. The summed E-state index contributed by atoms with van der Waals surface area (Å²) in [4.78, 5) is 12.2. The Hall–Kier alpha value is -0.900. The summed E-state index contributed by atoms with van der Waals surface area (Å²) in [5.74, 6) is 0.835. The van der Waals surface area contributed by atoms with Crippen molar-refractivity contribution < 1.29 is 13.2 Å². The highest BCUT2D eigenvalue weighted by Gasteiger charge is 2.47. The Morgan fingerprint density at radius 3 is 2.65 bits per heavy atom. The number of hydrogen-bond acceptors (Lipinski definition) is 3. The lowest BCUT2D eigenvalue weighted by atomic mass is 9.63. The molecule has 0 radical (unpaired) electrons. The maximum absolute atomic E-state index is 12.2. The summed E-state index contributed by atoms with van der Waals surface area (Å²) in [6.45, 7) is 9.52. The molecule has 3 nitrogen and oxygen atoms in total. The molecule has 130 valence electrons. The maximum Gasteiger partial charge on any atom is 0.176 e. The van der Waals surface area contributed by atoms with E-state index in [1.807, 2.05) is 0 Å². The van der Waals surface area contributed by atoms with E-state index in [9.17, 15) is 13.2 Å². The van der Waals surface area contributed by atoms with E-state index in [0.29, 0.717) is 12.2 Å². The van der Waals surface area contributed by atoms with Gasteiger partial charge in [-0.15, -0.1) is 0 Å². The van der Waals surface area contributed by atoms with Gasteiger partial charge < -0.3 is 0 Å². The third-order valence-electron chi connectivity index (χ3n) is 5.66. The Balaban J connectivity index is 2.08. The quantitative estimate of drug-likeness (QED) is 0.712. The molecule has 23 heavy (non-hydrogen) atoms. The SMILES string of the molecule is CC(C/C=C/S(=O)(=O)C(C)(C)C)C1=CCC2C(=O)CCCC12C. The van der Waals surface area contributed by atoms with Crippen molar-refractivity contribution in [1.82, 2.24) is 0 Å². The summed E-state index contributed by atoms with van der Waals surface area (Å²) in [6.07, 6.45) is 8.36. The Kier molecular flexibility index (Phi) is 4.97. The van der Waals surface area contributed by atoms with Gasteiger partial charge in [0.25, 0.3) is 0 Å². The molecular weight excluding hydrogens is 308 g/mol. The van der Waals surface area contributed by atoms with Crippen molar-refractivity contribution in [1.29, 1.82) is 0 Å². The van der Waals surface area contributed by atoms with Gasteiger partial charge >= 0.3 is 0 Å². The van der Waals surface area contributed by atoms with Gasteiger partial charge in [0.15, 0.2) is 9.84 Å². The van der Waals surface area contributed by atoms with Gasteiger partial charge in [0.1, 0.15) is 5.78 Å². The molecule has 4 heteroatoms. The zero-order valence-electron chi connectivity index (χ0n) is 15.1. The number of hydrogen-bond donors (Lipinski definition) is 0. The molecule has 0 saturated heterocycles. The second-order valence-electron chi connectivity index (χ2n) is 8.35. The van der Waals surface area contributed by atoms with Crippen LogP contribution in [-0.4, -0.2) is 18.9 Å². The normalized spacial score (nSPS) is 30.4. The molecule has 0 aromatic carbocycles. The van der Waals surface area contributed by atoms with Gasteiger partial charge in [0, 0.05) is 17.7 Å². The van der Waals surface area contributed by atoms with Crippen molar-refractivity contribution >= 4 is 15.6 Å². The van der Waals surface area contributed by atoms with E-state index in [2.05, 4.69) is 19.9 Å². The van der Waals surface area contributed by atoms with E-state index >= 15 is 0 Å². The molecule has 3 unspecified atom stereocenters. The predicted molar refractivity (Wildman–Crippen MR) is 94.7 cm³/mol. The first-order chi connectivity index (χ1) is 10.5. The molecule has 0 bridgehead atoms. The van der Waals surface area contributed by atoms with Crippen molar-refractivity contribution in [2.24, 2.45) is 17.3 Å². The number of carbonyl (C=O) groups is 1. The van der Waals surface area contributed by atoms with Crippen LogP contribution in [0, 0.1) is 17.3 Å². The van der Waals surface area contributed by atoms with Crippen LogP contribution in [0.1, 0.15) is 66.7 Å². The van der Waals surface area contributed by atoms with Crippen LogP contribution in [0.4, 0.5) is 0 Å². The topological polar surface area (TPSA) is 51.2 Å². The Morgan fingerprint density at radius 1 is 1.39 bits per heavy atom. The van der Waals surface area contributed by atoms with Crippen LogP contribution in [0.15, 0.2) is 23.1 Å². The van der Waals surface area contributed by atoms with Gasteiger partial charge in [-0.1, -0.05) is 31.6 Å². The summed E-state index contributed by atoms with van der Waals surface area (Å²) < 4.78 is 23.5. The molecule has 3 atom stereocenters. The van der Waals surface area contributed by atoms with Gasteiger partial charge in [0.2, 0.25) is 0 Å². The number of ketones is 1. The number of allylic oxidation sites excluding steroid dienone is 3. The van der Waals surface area contributed by atoms with Gasteiger partial charge in [-0.25, -0.2) is 8.42 Å². The number of fused-ring (bicyclic) bond motifs is 1. The van der Waals surface area contributed by atoms with E-state index in [4.69, 9.17) is 0 Å². The lowest BCUT2D eigenvalue weighted by Crippen LogP contribution is -2.36. The smallest absolute Gasteiger partial charge is 0.176 e. The molecule has 2 aliphatic carbocycles. The molecule has 2 aliphatic rings. The molecular formula is C19H30O3S. The number of rotatable bonds is 4. The van der Waals surface area contributed by atoms with Crippen LogP contribution in [-0.2, 0) is 14.6 Å². The highest BCUT2D eigenvalue weighted by Crippen LogP contribution is 2.53. The van der Waals surface area contributed by atoms with Crippen molar-refractivity contribution in [2.75, 3.05) is 0 Å². The third-order valence-corrected chi connectivity index (χ3v) is 7.92. The molecule has 1 saturated carbocycles. The summed E-state index contributed by atoms with van der Waals surface area (Å²) in [5, 5.41) is 1.37. The van der Waals surface area contributed by atoms with Crippen LogP contribution in [0.5, 0.6) is 0 Å². The van der Waals surface area contributed by atoms with Crippen molar-refractivity contribution in [3.05, 3.63) is 23.1 Å². The first-order valence-electron chi connectivity index (χ1n) is 8.63. The summed E-state index contributed by atoms with van der Waals surface area (Å²) >= 11 is 0. The van der Waals surface area contributed by atoms with Crippen LogP contribution < -0.4 is 0 Å². The Morgan fingerprint density at radius 2 is 2.04 bits per heavy atom. The predicted octanol–water partition coefficient (Wildman–Crippen LogP) is 4.45.